The van der Waals surface area contributed by atoms with Crippen LogP contribution < -0.4 is 4.74 Å². The van der Waals surface area contributed by atoms with Crippen LogP contribution >= 0.6 is 11.8 Å². The third-order valence-electron chi connectivity index (χ3n) is 2.51. The van der Waals surface area contributed by atoms with Gasteiger partial charge in [-0.05, 0) is 30.5 Å². The van der Waals surface area contributed by atoms with Gasteiger partial charge in [-0.3, -0.25) is 0 Å². The fraction of sp³-hybridized carbons (Fsp3) is 0.143. The van der Waals surface area contributed by atoms with Crippen LogP contribution in [-0.2, 0) is 0 Å². The largest absolute Gasteiger partial charge is 0.573 e. The number of halogens is 3. The molecule has 3 nitrogen and oxygen atoms in total. The molecule has 1 aromatic heterocycles. The number of thioether (sulfide) groups is 1. The van der Waals surface area contributed by atoms with Crippen molar-refractivity contribution in [2.45, 2.75) is 11.3 Å². The number of nitrogens with zero attached hydrogens (tertiary/aromatic N) is 2. The molecule has 21 heavy (non-hydrogen) atoms. The molecule has 0 spiro atoms. The molecule has 7 heteroatoms. The molecule has 0 unspecified atom stereocenters. The van der Waals surface area contributed by atoms with Crippen molar-refractivity contribution in [1.82, 2.24) is 4.98 Å². The van der Waals surface area contributed by atoms with Crippen molar-refractivity contribution in [2.24, 2.45) is 0 Å². The van der Waals surface area contributed by atoms with Gasteiger partial charge < -0.3 is 4.74 Å². The van der Waals surface area contributed by atoms with Gasteiger partial charge in [0, 0.05) is 10.5 Å². The van der Waals surface area contributed by atoms with Crippen LogP contribution in [0.25, 0.3) is 11.3 Å². The van der Waals surface area contributed by atoms with Crippen molar-refractivity contribution in [2.75, 3.05) is 6.26 Å². The van der Waals surface area contributed by atoms with Crippen molar-refractivity contribution < 1.29 is 17.9 Å². The second-order valence-corrected chi connectivity index (χ2v) is 4.84. The summed E-state index contributed by atoms with van der Waals surface area (Å²) in [7, 11) is 0. The summed E-state index contributed by atoms with van der Waals surface area (Å²) >= 11 is 1.42. The predicted molar refractivity (Wildman–Crippen MR) is 72.9 cm³/mol. The van der Waals surface area contributed by atoms with E-state index < -0.39 is 6.36 Å². The molecular weight excluding hydrogens is 301 g/mol. The second-order valence-electron chi connectivity index (χ2n) is 3.96. The molecule has 1 heterocycles. The molecule has 0 aliphatic carbocycles. The minimum atomic E-state index is -4.75. The third kappa shape index (κ3) is 4.13. The maximum Gasteiger partial charge on any atom is 0.573 e. The van der Waals surface area contributed by atoms with E-state index in [1.807, 2.05) is 12.3 Å². The molecule has 0 aliphatic heterocycles. The minimum Gasteiger partial charge on any atom is -0.406 e. The van der Waals surface area contributed by atoms with E-state index in [0.29, 0.717) is 11.3 Å². The van der Waals surface area contributed by atoms with Gasteiger partial charge in [-0.15, -0.1) is 24.9 Å². The molecule has 1 aromatic carbocycles. The molecule has 0 saturated carbocycles. The van der Waals surface area contributed by atoms with Gasteiger partial charge in [0.15, 0.2) is 0 Å². The molecule has 0 bridgehead atoms. The second kappa shape index (κ2) is 6.06. The van der Waals surface area contributed by atoms with Gasteiger partial charge in [-0.2, -0.15) is 5.26 Å². The molecule has 0 amide bonds. The predicted octanol–water partition coefficient (Wildman–Crippen LogP) is 4.24. The molecule has 0 aliphatic rings. The first-order valence-electron chi connectivity index (χ1n) is 5.73. The number of pyridine rings is 1. The number of ether oxygens (including phenoxy) is 1. The number of hydrogen-bond acceptors (Lipinski definition) is 4. The molecule has 0 N–H and O–H groups in total. The Hall–Kier alpha value is -2.20. The lowest BCUT2D eigenvalue weighted by Gasteiger charge is -2.10. The van der Waals surface area contributed by atoms with Crippen LogP contribution in [0.2, 0.25) is 0 Å². The van der Waals surface area contributed by atoms with E-state index >= 15 is 0 Å². The van der Waals surface area contributed by atoms with Crippen molar-refractivity contribution in [3.63, 3.8) is 0 Å². The minimum absolute atomic E-state index is 0.207. The first-order valence-corrected chi connectivity index (χ1v) is 6.96. The Bertz CT molecular complexity index is 695. The monoisotopic (exact) mass is 310 g/mol. The first kappa shape index (κ1) is 15.2. The van der Waals surface area contributed by atoms with Crippen LogP contribution in [0.3, 0.4) is 0 Å². The molecule has 0 fully saturated rings. The maximum absolute atomic E-state index is 12.2. The molecule has 0 saturated heterocycles. The number of nitriles is 1. The van der Waals surface area contributed by atoms with Crippen molar-refractivity contribution in [3.05, 3.63) is 42.1 Å². The maximum atomic E-state index is 12.2. The zero-order chi connectivity index (χ0) is 15.5. The SMILES string of the molecule is CSc1cc(C#N)nc(-c2cccc(OC(F)(F)F)c2)c1. The van der Waals surface area contributed by atoms with Crippen LogP contribution in [0.4, 0.5) is 13.2 Å². The number of alkyl halides is 3. The van der Waals surface area contributed by atoms with Crippen LogP contribution in [0, 0.1) is 11.3 Å². The zero-order valence-electron chi connectivity index (χ0n) is 10.8. The molecule has 0 radical (unpaired) electrons. The lowest BCUT2D eigenvalue weighted by molar-refractivity contribution is -0.274. The van der Waals surface area contributed by atoms with E-state index in [9.17, 15) is 13.2 Å². The Morgan fingerprint density at radius 2 is 2.00 bits per heavy atom. The Labute approximate surface area is 123 Å². The van der Waals surface area contributed by atoms with Gasteiger partial charge in [0.1, 0.15) is 17.5 Å². The van der Waals surface area contributed by atoms with E-state index in [0.717, 1.165) is 4.90 Å². The average molecular weight is 310 g/mol. The van der Waals surface area contributed by atoms with Crippen molar-refractivity contribution >= 4 is 11.8 Å². The van der Waals surface area contributed by atoms with E-state index in [1.54, 1.807) is 18.2 Å². The van der Waals surface area contributed by atoms with Crippen LogP contribution in [0.15, 0.2) is 41.3 Å². The topological polar surface area (TPSA) is 45.9 Å². The molecule has 108 valence electrons. The summed E-state index contributed by atoms with van der Waals surface area (Å²) in [6.07, 6.45) is -2.91. The zero-order valence-corrected chi connectivity index (χ0v) is 11.6. The quantitative estimate of drug-likeness (QED) is 0.795. The van der Waals surface area contributed by atoms with Crippen LogP contribution in [-0.4, -0.2) is 17.6 Å². The van der Waals surface area contributed by atoms with Crippen molar-refractivity contribution in [1.29, 1.82) is 5.26 Å². The van der Waals surface area contributed by atoms with Crippen LogP contribution in [0.5, 0.6) is 5.75 Å². The number of hydrogen-bond donors (Lipinski definition) is 0. The fourth-order valence-electron chi connectivity index (χ4n) is 1.68. The number of benzene rings is 1. The average Bonchev–Trinajstić information content (AvgIpc) is 2.45. The smallest absolute Gasteiger partial charge is 0.406 e. The highest BCUT2D eigenvalue weighted by molar-refractivity contribution is 7.98. The normalized spacial score (nSPS) is 11.0. The Kier molecular flexibility index (Phi) is 4.38. The Balaban J connectivity index is 2.43. The fourth-order valence-corrected chi connectivity index (χ4v) is 2.14. The Morgan fingerprint density at radius 3 is 2.62 bits per heavy atom. The van der Waals surface area contributed by atoms with E-state index in [2.05, 4.69) is 9.72 Å². The highest BCUT2D eigenvalue weighted by Gasteiger charge is 2.31. The van der Waals surface area contributed by atoms with Gasteiger partial charge >= 0.3 is 6.36 Å². The summed E-state index contributed by atoms with van der Waals surface area (Å²) in [5, 5.41) is 8.94. The molecule has 0 atom stereocenters. The van der Waals surface area contributed by atoms with Gasteiger partial charge in [0.2, 0.25) is 0 Å². The standard InChI is InChI=1S/C14H9F3N2OS/c1-21-12-6-10(8-18)19-13(7-12)9-3-2-4-11(5-9)20-14(15,16)17/h2-7H,1H3. The number of aromatic nitrogens is 1. The third-order valence-corrected chi connectivity index (χ3v) is 3.22. The van der Waals surface area contributed by atoms with Gasteiger partial charge in [0.25, 0.3) is 0 Å². The van der Waals surface area contributed by atoms with E-state index in [1.165, 1.54) is 30.0 Å². The summed E-state index contributed by atoms with van der Waals surface area (Å²) in [4.78, 5) is 4.90. The highest BCUT2D eigenvalue weighted by Crippen LogP contribution is 2.29. The van der Waals surface area contributed by atoms with Crippen LogP contribution in [0.1, 0.15) is 5.69 Å². The lowest BCUT2D eigenvalue weighted by Crippen LogP contribution is -2.17. The lowest BCUT2D eigenvalue weighted by atomic mass is 10.1. The van der Waals surface area contributed by atoms with E-state index in [-0.39, 0.29) is 11.4 Å². The summed E-state index contributed by atoms with van der Waals surface area (Å²) in [5.41, 5.74) is 1.08. The molecule has 2 aromatic rings. The van der Waals surface area contributed by atoms with Gasteiger partial charge in [-0.1, -0.05) is 12.1 Å². The summed E-state index contributed by atoms with van der Waals surface area (Å²) in [5.74, 6) is -0.324. The first-order chi connectivity index (χ1) is 9.91. The summed E-state index contributed by atoms with van der Waals surface area (Å²) in [6, 6.07) is 10.7. The van der Waals surface area contributed by atoms with Gasteiger partial charge in [-0.25, -0.2) is 4.98 Å². The van der Waals surface area contributed by atoms with Crippen molar-refractivity contribution in [3.8, 4) is 23.1 Å². The molecular formula is C14H9F3N2OS. The number of rotatable bonds is 3. The summed E-state index contributed by atoms with van der Waals surface area (Å²) < 4.78 is 40.6. The molecule has 2 rings (SSSR count). The summed E-state index contributed by atoms with van der Waals surface area (Å²) in [6.45, 7) is 0. The van der Waals surface area contributed by atoms with Gasteiger partial charge in [0.05, 0.1) is 5.69 Å². The highest BCUT2D eigenvalue weighted by atomic mass is 32.2. The Morgan fingerprint density at radius 1 is 1.24 bits per heavy atom. The van der Waals surface area contributed by atoms with E-state index in [4.69, 9.17) is 5.26 Å².